The van der Waals surface area contributed by atoms with Crippen molar-refractivity contribution in [1.82, 2.24) is 4.90 Å². The molecule has 0 fully saturated rings. The summed E-state index contributed by atoms with van der Waals surface area (Å²) in [6.07, 6.45) is 0. The molecule has 0 spiro atoms. The van der Waals surface area contributed by atoms with Gasteiger partial charge < -0.3 is 19.7 Å². The number of hydrogen-bond donors (Lipinski definition) is 1. The number of para-hydroxylation sites is 1. The van der Waals surface area contributed by atoms with Gasteiger partial charge in [0.2, 0.25) is 0 Å². The number of anilines is 1. The Kier molecular flexibility index (Phi) is 5.80. The zero-order valence-corrected chi connectivity index (χ0v) is 12.8. The van der Waals surface area contributed by atoms with Crippen LogP contribution in [0, 0.1) is 0 Å². The van der Waals surface area contributed by atoms with Gasteiger partial charge in [0.15, 0.2) is 0 Å². The molecule has 2 amide bonds. The Morgan fingerprint density at radius 3 is 2.55 bits per heavy atom. The van der Waals surface area contributed by atoms with E-state index in [-0.39, 0.29) is 6.03 Å². The summed E-state index contributed by atoms with van der Waals surface area (Å²) in [6, 6.07) is 16.6. The minimum absolute atomic E-state index is 0.186. The van der Waals surface area contributed by atoms with Crippen LogP contribution in [-0.2, 0) is 4.74 Å². The van der Waals surface area contributed by atoms with E-state index in [0.717, 1.165) is 5.75 Å². The maximum Gasteiger partial charge on any atom is 0.321 e. The lowest BCUT2D eigenvalue weighted by Crippen LogP contribution is -2.33. The second-order valence-corrected chi connectivity index (χ2v) is 4.79. The molecule has 5 heteroatoms. The zero-order valence-electron chi connectivity index (χ0n) is 12.8. The highest BCUT2D eigenvalue weighted by Crippen LogP contribution is 2.23. The summed E-state index contributed by atoms with van der Waals surface area (Å²) in [5.74, 6) is 1.42. The first kappa shape index (κ1) is 15.9. The van der Waals surface area contributed by atoms with E-state index in [1.807, 2.05) is 48.5 Å². The Balaban J connectivity index is 1.98. The van der Waals surface area contributed by atoms with Crippen LogP contribution < -0.4 is 10.1 Å². The van der Waals surface area contributed by atoms with E-state index in [4.69, 9.17) is 9.47 Å². The van der Waals surface area contributed by atoms with Crippen molar-refractivity contribution in [2.24, 2.45) is 0 Å². The molecule has 1 N–H and O–H groups in total. The fraction of sp³-hybridized carbons (Fsp3) is 0.235. The van der Waals surface area contributed by atoms with E-state index in [9.17, 15) is 4.79 Å². The first-order valence-electron chi connectivity index (χ1n) is 7.03. The molecule has 0 aliphatic heterocycles. The maximum absolute atomic E-state index is 12.0. The van der Waals surface area contributed by atoms with Gasteiger partial charge in [-0.3, -0.25) is 0 Å². The van der Waals surface area contributed by atoms with Crippen LogP contribution in [0.3, 0.4) is 0 Å². The lowest BCUT2D eigenvalue weighted by atomic mass is 10.3. The minimum Gasteiger partial charge on any atom is -0.457 e. The molecule has 0 heterocycles. The number of nitrogens with one attached hydrogen (secondary N) is 1. The standard InChI is InChI=1S/C17H20N2O3/c1-19(11-12-21-2)17(20)18-14-7-6-10-16(13-14)22-15-8-4-3-5-9-15/h3-10,13H,11-12H2,1-2H3,(H,18,20). The lowest BCUT2D eigenvalue weighted by Gasteiger charge is -2.17. The van der Waals surface area contributed by atoms with E-state index in [1.54, 1.807) is 25.1 Å². The average molecular weight is 300 g/mol. The predicted octanol–water partition coefficient (Wildman–Crippen LogP) is 3.59. The quantitative estimate of drug-likeness (QED) is 0.887. The highest BCUT2D eigenvalue weighted by atomic mass is 16.5. The first-order chi connectivity index (χ1) is 10.7. The number of carbonyl (C=O) groups excluding carboxylic acids is 1. The largest absolute Gasteiger partial charge is 0.457 e. The van der Waals surface area contributed by atoms with E-state index >= 15 is 0 Å². The van der Waals surface area contributed by atoms with Gasteiger partial charge in [-0.1, -0.05) is 24.3 Å². The number of methoxy groups -OCH3 is 1. The van der Waals surface area contributed by atoms with Gasteiger partial charge in [-0.15, -0.1) is 0 Å². The normalized spacial score (nSPS) is 10.1. The van der Waals surface area contributed by atoms with Crippen LogP contribution in [0.4, 0.5) is 10.5 Å². The number of benzene rings is 2. The maximum atomic E-state index is 12.0. The van der Waals surface area contributed by atoms with Crippen molar-refractivity contribution in [3.8, 4) is 11.5 Å². The van der Waals surface area contributed by atoms with Gasteiger partial charge in [-0.25, -0.2) is 4.79 Å². The van der Waals surface area contributed by atoms with Gasteiger partial charge in [-0.05, 0) is 24.3 Å². The Hall–Kier alpha value is -2.53. The van der Waals surface area contributed by atoms with Crippen LogP contribution in [0.15, 0.2) is 54.6 Å². The van der Waals surface area contributed by atoms with Crippen molar-refractivity contribution in [1.29, 1.82) is 0 Å². The molecule has 0 bridgehead atoms. The summed E-state index contributed by atoms with van der Waals surface area (Å²) in [4.78, 5) is 13.6. The molecular formula is C17H20N2O3. The summed E-state index contributed by atoms with van der Waals surface area (Å²) in [7, 11) is 3.33. The van der Waals surface area contributed by atoms with Crippen LogP contribution in [-0.4, -0.2) is 38.2 Å². The molecule has 2 rings (SSSR count). The van der Waals surface area contributed by atoms with E-state index in [0.29, 0.717) is 24.6 Å². The number of amides is 2. The summed E-state index contributed by atoms with van der Waals surface area (Å²) >= 11 is 0. The highest BCUT2D eigenvalue weighted by Gasteiger charge is 2.08. The highest BCUT2D eigenvalue weighted by molar-refractivity contribution is 5.89. The Labute approximate surface area is 130 Å². The Morgan fingerprint density at radius 1 is 1.09 bits per heavy atom. The molecule has 116 valence electrons. The van der Waals surface area contributed by atoms with Crippen molar-refractivity contribution >= 4 is 11.7 Å². The Morgan fingerprint density at radius 2 is 1.82 bits per heavy atom. The van der Waals surface area contributed by atoms with Crippen molar-refractivity contribution in [3.63, 3.8) is 0 Å². The van der Waals surface area contributed by atoms with Crippen LogP contribution in [0.1, 0.15) is 0 Å². The number of hydrogen-bond acceptors (Lipinski definition) is 3. The summed E-state index contributed by atoms with van der Waals surface area (Å²) in [5.41, 5.74) is 0.683. The Bertz CT molecular complexity index is 602. The van der Waals surface area contributed by atoms with E-state index in [1.165, 1.54) is 0 Å². The molecule has 5 nitrogen and oxygen atoms in total. The SMILES string of the molecule is COCCN(C)C(=O)Nc1cccc(Oc2ccccc2)c1. The fourth-order valence-electron chi connectivity index (χ4n) is 1.81. The monoisotopic (exact) mass is 300 g/mol. The van der Waals surface area contributed by atoms with Crippen LogP contribution in [0.25, 0.3) is 0 Å². The molecule has 0 atom stereocenters. The van der Waals surface area contributed by atoms with E-state index in [2.05, 4.69) is 5.32 Å². The van der Waals surface area contributed by atoms with Crippen LogP contribution >= 0.6 is 0 Å². The molecule has 22 heavy (non-hydrogen) atoms. The lowest BCUT2D eigenvalue weighted by molar-refractivity contribution is 0.165. The molecule has 0 aromatic heterocycles. The summed E-state index contributed by atoms with van der Waals surface area (Å²) < 4.78 is 10.7. The fourth-order valence-corrected chi connectivity index (χ4v) is 1.81. The van der Waals surface area contributed by atoms with Gasteiger partial charge in [0.1, 0.15) is 11.5 Å². The van der Waals surface area contributed by atoms with Gasteiger partial charge in [0.25, 0.3) is 0 Å². The number of likely N-dealkylation sites (N-methyl/N-ethyl adjacent to an activating group) is 1. The summed E-state index contributed by atoms with van der Waals surface area (Å²) in [5, 5.41) is 2.83. The molecular weight excluding hydrogens is 280 g/mol. The topological polar surface area (TPSA) is 50.8 Å². The average Bonchev–Trinajstić information content (AvgIpc) is 2.54. The zero-order chi connectivity index (χ0) is 15.8. The second-order valence-electron chi connectivity index (χ2n) is 4.79. The summed E-state index contributed by atoms with van der Waals surface area (Å²) in [6.45, 7) is 1.03. The van der Waals surface area contributed by atoms with Crippen LogP contribution in [0.2, 0.25) is 0 Å². The molecule has 0 saturated heterocycles. The van der Waals surface area contributed by atoms with E-state index < -0.39 is 0 Å². The second kappa shape index (κ2) is 8.05. The van der Waals surface area contributed by atoms with Gasteiger partial charge in [0, 0.05) is 32.5 Å². The molecule has 0 saturated carbocycles. The first-order valence-corrected chi connectivity index (χ1v) is 7.03. The molecule has 0 aliphatic carbocycles. The third-order valence-electron chi connectivity index (χ3n) is 3.04. The number of carbonyl (C=O) groups is 1. The van der Waals surface area contributed by atoms with Crippen molar-refractivity contribution in [2.75, 3.05) is 32.6 Å². The molecule has 0 aliphatic rings. The number of rotatable bonds is 6. The van der Waals surface area contributed by atoms with Crippen molar-refractivity contribution in [3.05, 3.63) is 54.6 Å². The van der Waals surface area contributed by atoms with Gasteiger partial charge in [-0.2, -0.15) is 0 Å². The number of nitrogens with zero attached hydrogens (tertiary/aromatic N) is 1. The number of urea groups is 1. The smallest absolute Gasteiger partial charge is 0.321 e. The number of ether oxygens (including phenoxy) is 2. The molecule has 0 unspecified atom stereocenters. The molecule has 2 aromatic rings. The predicted molar refractivity (Wildman–Crippen MR) is 86.5 cm³/mol. The molecule has 2 aromatic carbocycles. The van der Waals surface area contributed by atoms with Crippen LogP contribution in [0.5, 0.6) is 11.5 Å². The van der Waals surface area contributed by atoms with Gasteiger partial charge >= 0.3 is 6.03 Å². The third kappa shape index (κ3) is 4.79. The van der Waals surface area contributed by atoms with Crippen molar-refractivity contribution < 1.29 is 14.3 Å². The third-order valence-corrected chi connectivity index (χ3v) is 3.04. The molecule has 0 radical (unpaired) electrons. The van der Waals surface area contributed by atoms with Crippen molar-refractivity contribution in [2.45, 2.75) is 0 Å². The minimum atomic E-state index is -0.186. The van der Waals surface area contributed by atoms with Gasteiger partial charge in [0.05, 0.1) is 6.61 Å².